The van der Waals surface area contributed by atoms with Crippen molar-refractivity contribution in [1.82, 2.24) is 24.9 Å². The Kier molecular flexibility index (Phi) is 32.8. The molecule has 545 valence electrons. The molecule has 16 rings (SSSR count). The number of pyridine rings is 5. The molecule has 0 amide bonds. The van der Waals surface area contributed by atoms with Gasteiger partial charge in [0.2, 0.25) is 0 Å². The van der Waals surface area contributed by atoms with E-state index in [9.17, 15) is 13.2 Å². The Hall–Kier alpha value is -9.85. The quantitative estimate of drug-likeness (QED) is 0.0461. The first-order valence-corrected chi connectivity index (χ1v) is 41.7. The van der Waals surface area contributed by atoms with Crippen molar-refractivity contribution < 1.29 is 76.6 Å². The molecule has 0 atom stereocenters. The summed E-state index contributed by atoms with van der Waals surface area (Å²) in [6.07, 6.45) is 9.49. The molecule has 0 aliphatic heterocycles. The Morgan fingerprint density at radius 1 is 0.327 bits per heavy atom. The van der Waals surface area contributed by atoms with E-state index < -0.39 is 31.8 Å². The van der Waals surface area contributed by atoms with Crippen LogP contribution in [0, 0.1) is 24.3 Å². The maximum Gasteiger partial charge on any atom is 0.522 e. The summed E-state index contributed by atoms with van der Waals surface area (Å²) in [5, 5.41) is 32.3. The van der Waals surface area contributed by atoms with Gasteiger partial charge < -0.3 is 30.1 Å². The van der Waals surface area contributed by atoms with Crippen molar-refractivity contribution >= 4 is 110 Å². The Morgan fingerprint density at radius 3 is 0.907 bits per heavy atom. The molecule has 3 N–H and O–H groups in total. The van der Waals surface area contributed by atoms with E-state index in [1.807, 2.05) is 127 Å². The predicted octanol–water partition coefficient (Wildman–Crippen LogP) is 20.2. The first-order chi connectivity index (χ1) is 50.2. The second kappa shape index (κ2) is 40.8. The minimum atomic E-state index is -5.84. The van der Waals surface area contributed by atoms with Crippen molar-refractivity contribution in [2.75, 3.05) is 14.2 Å². The second-order valence-corrected chi connectivity index (χ2v) is 36.9. The van der Waals surface area contributed by atoms with Crippen molar-refractivity contribution in [2.24, 2.45) is 0 Å². The zero-order valence-electron chi connectivity index (χ0n) is 60.1. The van der Waals surface area contributed by atoms with Gasteiger partial charge in [0.05, 0.1) is 21.8 Å². The van der Waals surface area contributed by atoms with Gasteiger partial charge in [-0.15, -0.1) is 131 Å². The number of alkyl halides is 3. The number of rotatable bonds is 7. The second-order valence-electron chi connectivity index (χ2n) is 25.4. The first-order valence-electron chi connectivity index (χ1n) is 33.3. The van der Waals surface area contributed by atoms with E-state index in [1.165, 1.54) is 80.6 Å². The van der Waals surface area contributed by atoms with Crippen LogP contribution in [0.4, 0.5) is 13.2 Å². The third kappa shape index (κ3) is 22.8. The van der Waals surface area contributed by atoms with Crippen molar-refractivity contribution in [3.63, 3.8) is 0 Å². The third-order valence-corrected chi connectivity index (χ3v) is 21.1. The summed E-state index contributed by atoms with van der Waals surface area (Å²) in [5.41, 5.74) is 4.75. The summed E-state index contributed by atoms with van der Waals surface area (Å²) in [5.74, 6) is 0. The molecule has 5 heterocycles. The van der Waals surface area contributed by atoms with E-state index in [4.69, 9.17) is 33.2 Å². The summed E-state index contributed by atoms with van der Waals surface area (Å²) in [6.45, 7) is 14.1. The van der Waals surface area contributed by atoms with Gasteiger partial charge in [-0.2, -0.15) is 21.6 Å². The molecule has 11 aromatic carbocycles. The minimum absolute atomic E-state index is 0. The molecular weight excluding hydrogens is 1750 g/mol. The number of aromatic nitrogens is 5. The molecule has 0 bridgehead atoms. The monoisotopic (exact) mass is 1830 g/mol. The van der Waals surface area contributed by atoms with E-state index in [1.54, 1.807) is 18.6 Å². The molecule has 5 aromatic heterocycles. The smallest absolute Gasteiger partial charge is 0.400 e. The molecule has 0 saturated heterocycles. The van der Waals surface area contributed by atoms with Gasteiger partial charge in [-0.1, -0.05) is 219 Å². The number of fused-ring (bicyclic) bond motifs is 12. The average Bonchev–Trinajstić information content (AvgIpc) is 0.751. The molecule has 5 radical (unpaired) electrons. The molecule has 0 aliphatic carbocycles. The van der Waals surface area contributed by atoms with E-state index in [2.05, 4.69) is 243 Å². The summed E-state index contributed by atoms with van der Waals surface area (Å²) in [7, 11) is -6.51. The number of hydrogen-bond donors (Lipinski definition) is 3. The van der Waals surface area contributed by atoms with Gasteiger partial charge in [0.15, 0.2) is 0 Å². The van der Waals surface area contributed by atoms with Crippen LogP contribution >= 0.6 is 0 Å². The maximum absolute atomic E-state index is 10.7. The van der Waals surface area contributed by atoms with Crippen LogP contribution < -0.4 is 10.4 Å². The molecular formula is C88H78BF3Ir2N5O5SSi2-4. The summed E-state index contributed by atoms with van der Waals surface area (Å²) in [4.78, 5) is 22.2. The number of halogens is 3. The number of hydrogen-bond acceptors (Lipinski definition) is 9. The first kappa shape index (κ1) is 86.1. The Labute approximate surface area is 655 Å². The van der Waals surface area contributed by atoms with Crippen LogP contribution in [0.5, 0.6) is 0 Å². The van der Waals surface area contributed by atoms with Gasteiger partial charge in [-0.05, 0) is 112 Å². The molecule has 0 unspecified atom stereocenters. The van der Waals surface area contributed by atoms with Crippen molar-refractivity contribution in [2.45, 2.75) is 44.8 Å². The fourth-order valence-electron chi connectivity index (χ4n) is 11.3. The third-order valence-electron chi connectivity index (χ3n) is 16.5. The molecule has 107 heavy (non-hydrogen) atoms. The van der Waals surface area contributed by atoms with Gasteiger partial charge in [-0.3, -0.25) is 9.54 Å². The topological polar surface area (TPSA) is 159 Å². The predicted molar refractivity (Wildman–Crippen MR) is 434 cm³/mol. The Morgan fingerprint density at radius 2 is 0.617 bits per heavy atom. The number of nitrogens with zero attached hydrogens (tertiary/aromatic N) is 5. The fourth-order valence-corrected chi connectivity index (χ4v) is 13.4. The van der Waals surface area contributed by atoms with Crippen LogP contribution in [-0.2, 0) is 50.3 Å². The van der Waals surface area contributed by atoms with E-state index in [-0.39, 0.29) is 48.6 Å². The van der Waals surface area contributed by atoms with Crippen LogP contribution in [0.2, 0.25) is 39.3 Å². The van der Waals surface area contributed by atoms with E-state index in [0.717, 1.165) is 64.9 Å². The standard InChI is InChI=1S/C26H23NSi.C26H22NSi.3C11H8N.CHF3O3S.2CH4O.B.2Ir/c2*1-28(2,3)19-13-15-26(27-17-19)18-12-14-24-22-10-5-4-8-20(22)21-9-6-7-11-23(21)25(24)16-18;3*1-2-6-10(7-3-1)11-8-4-5-9-12-11;2-1(3,4)8(5,6)7;2*1-2;;;/h4-17H,1-3H3;4-11,13-17H,1-3H3;3*1-6,8-9H;(H,5,6,7);2*2H,1H3;;;/q;4*-1;;;;;;. The summed E-state index contributed by atoms with van der Waals surface area (Å²) < 4.78 is 57.5. The van der Waals surface area contributed by atoms with Crippen LogP contribution in [-0.4, -0.2) is 92.4 Å². The van der Waals surface area contributed by atoms with Crippen LogP contribution in [0.15, 0.2) is 310 Å². The summed E-state index contributed by atoms with van der Waals surface area (Å²) >= 11 is 0. The van der Waals surface area contributed by atoms with E-state index >= 15 is 0 Å². The molecule has 0 spiro atoms. The van der Waals surface area contributed by atoms with Gasteiger partial charge in [0, 0.05) is 99.4 Å². The molecule has 19 heteroatoms. The normalized spacial score (nSPS) is 10.7. The number of aliphatic hydroxyl groups is 2. The fraction of sp³-hybridized carbons (Fsp3) is 0.102. The molecule has 10 nitrogen and oxygen atoms in total. The SMILES string of the molecule is CO.CO.C[Si](C)(C)c1ccc(-c2[c-]cc3c4ccccc4c4ccccc4c3c2)nc1.C[Si](C)(C)c1ccc(-c2ccc3c4ccccc4c4ccccc4c3c2)nc1.O=S(=O)(O)C(F)(F)F.[B].[Ir].[Ir].[c-]1ccccc1-c1ccccn1.[c-]1ccccc1-c1ccccn1.[c-]1ccccc1-c1ccccn1. The zero-order valence-corrected chi connectivity index (χ0v) is 67.7. The molecule has 0 aliphatic rings. The summed E-state index contributed by atoms with van der Waals surface area (Å²) in [6, 6.07) is 109. The van der Waals surface area contributed by atoms with Gasteiger partial charge in [-0.25, -0.2) is 0 Å². The van der Waals surface area contributed by atoms with Crippen LogP contribution in [0.25, 0.3) is 121 Å². The Balaban J connectivity index is 0.000000210. The minimum Gasteiger partial charge on any atom is -0.400 e. The zero-order chi connectivity index (χ0) is 74.3. The van der Waals surface area contributed by atoms with Gasteiger partial charge in [0.1, 0.15) is 0 Å². The number of aliphatic hydroxyl groups excluding tert-OH is 2. The average molecular weight is 1830 g/mol. The van der Waals surface area contributed by atoms with Gasteiger partial charge >= 0.3 is 15.6 Å². The Bertz CT molecular complexity index is 4950. The van der Waals surface area contributed by atoms with Gasteiger partial charge in [0.25, 0.3) is 0 Å². The molecule has 0 saturated carbocycles. The molecule has 16 aromatic rings. The van der Waals surface area contributed by atoms with Crippen molar-refractivity contribution in [1.29, 1.82) is 0 Å². The van der Waals surface area contributed by atoms with Crippen LogP contribution in [0.1, 0.15) is 0 Å². The van der Waals surface area contributed by atoms with E-state index in [0.29, 0.717) is 0 Å². The van der Waals surface area contributed by atoms with Crippen molar-refractivity contribution in [3.8, 4) is 56.3 Å². The van der Waals surface area contributed by atoms with Crippen molar-refractivity contribution in [3.05, 3.63) is 334 Å². The molecule has 0 fully saturated rings. The maximum atomic E-state index is 10.7. The number of benzene rings is 11. The van der Waals surface area contributed by atoms with Crippen LogP contribution in [0.3, 0.4) is 0 Å². The largest absolute Gasteiger partial charge is 0.522 e.